The minimum absolute atomic E-state index is 0.0257. The molecule has 0 spiro atoms. The average molecular weight is 287 g/mol. The largest absolute Gasteiger partial charge is 0.508 e. The quantitative estimate of drug-likeness (QED) is 0.923. The number of carbonyl (C=O) groups excluding carboxylic acids is 1. The fourth-order valence-corrected chi connectivity index (χ4v) is 2.75. The van der Waals surface area contributed by atoms with Crippen LogP contribution in [0.25, 0.3) is 11.3 Å². The molecule has 0 radical (unpaired) electrons. The van der Waals surface area contributed by atoms with Gasteiger partial charge in [0.2, 0.25) is 11.0 Å². The average Bonchev–Trinajstić information content (AvgIpc) is 2.92. The molecule has 1 N–H and O–H groups in total. The smallest absolute Gasteiger partial charge is 0.249 e. The molecule has 0 saturated carbocycles. The molecule has 1 amide bonds. The Hall–Kier alpha value is -2.21. The Morgan fingerprint density at radius 3 is 2.75 bits per heavy atom. The molecule has 1 aliphatic heterocycles. The van der Waals surface area contributed by atoms with E-state index in [0.29, 0.717) is 18.0 Å². The number of thiazole rings is 1. The molecular weight excluding hydrogens is 274 g/mol. The van der Waals surface area contributed by atoms with Gasteiger partial charge in [0.25, 0.3) is 0 Å². The molecule has 1 aromatic carbocycles. The van der Waals surface area contributed by atoms with Crippen molar-refractivity contribution in [3.05, 3.63) is 29.6 Å². The first kappa shape index (κ1) is 12.8. The monoisotopic (exact) mass is 287 g/mol. The summed E-state index contributed by atoms with van der Waals surface area (Å²) in [5.74, 6) is 0.192. The second kappa shape index (κ2) is 5.05. The van der Waals surface area contributed by atoms with Crippen LogP contribution in [-0.4, -0.2) is 21.7 Å². The molecule has 20 heavy (non-hydrogen) atoms. The molecule has 0 fully saturated rings. The van der Waals surface area contributed by atoms with Gasteiger partial charge in [0, 0.05) is 23.1 Å². The topological polar surface area (TPSA) is 65.8 Å². The van der Waals surface area contributed by atoms with Crippen LogP contribution in [0.3, 0.4) is 0 Å². The number of amides is 1. The highest BCUT2D eigenvalue weighted by Crippen LogP contribution is 2.30. The fourth-order valence-electron chi connectivity index (χ4n) is 1.95. The predicted octanol–water partition coefficient (Wildman–Crippen LogP) is 3.02. The van der Waals surface area contributed by atoms with Gasteiger partial charge in [-0.15, -0.1) is 11.3 Å². The molecule has 1 aliphatic rings. The Balaban J connectivity index is 1.92. The highest BCUT2D eigenvalue weighted by atomic mass is 32.1. The summed E-state index contributed by atoms with van der Waals surface area (Å²) in [6.07, 6.45) is 1.19. The Kier molecular flexibility index (Phi) is 3.23. The van der Waals surface area contributed by atoms with Crippen molar-refractivity contribution in [2.75, 3.05) is 5.01 Å². The van der Waals surface area contributed by atoms with E-state index in [1.807, 2.05) is 12.3 Å². The second-order valence-corrected chi connectivity index (χ2v) is 5.44. The second-order valence-electron chi connectivity index (χ2n) is 4.60. The van der Waals surface area contributed by atoms with Gasteiger partial charge >= 0.3 is 0 Å². The zero-order chi connectivity index (χ0) is 14.1. The summed E-state index contributed by atoms with van der Waals surface area (Å²) in [5, 5.41) is 17.4. The van der Waals surface area contributed by atoms with E-state index in [-0.39, 0.29) is 11.7 Å². The van der Waals surface area contributed by atoms with Crippen LogP contribution in [0, 0.1) is 0 Å². The number of anilines is 1. The molecule has 0 atom stereocenters. The number of hydrogen-bond acceptors (Lipinski definition) is 5. The van der Waals surface area contributed by atoms with Gasteiger partial charge in [-0.2, -0.15) is 10.1 Å². The van der Waals surface area contributed by atoms with Crippen LogP contribution < -0.4 is 5.01 Å². The number of hydrogen-bond donors (Lipinski definition) is 1. The van der Waals surface area contributed by atoms with Crippen LogP contribution in [0.5, 0.6) is 5.75 Å². The Bertz CT molecular complexity index is 676. The highest BCUT2D eigenvalue weighted by Gasteiger charge is 2.22. The standard InChI is InChI=1S/C14H13N3O2S/c1-9-2-7-13(19)17(16-9)14-15-12(8-20-14)10-3-5-11(18)6-4-10/h3-6,8,18H,2,7H2,1H3. The third kappa shape index (κ3) is 2.42. The van der Waals surface area contributed by atoms with E-state index in [9.17, 15) is 9.90 Å². The summed E-state index contributed by atoms with van der Waals surface area (Å²) in [4.78, 5) is 16.3. The van der Waals surface area contributed by atoms with Crippen LogP contribution in [0.2, 0.25) is 0 Å². The van der Waals surface area contributed by atoms with Crippen molar-refractivity contribution in [1.29, 1.82) is 0 Å². The number of nitrogens with zero attached hydrogens (tertiary/aromatic N) is 3. The van der Waals surface area contributed by atoms with Gasteiger partial charge in [0.15, 0.2) is 0 Å². The number of benzene rings is 1. The lowest BCUT2D eigenvalue weighted by molar-refractivity contribution is -0.118. The molecule has 1 aromatic heterocycles. The first-order valence-corrected chi connectivity index (χ1v) is 7.13. The first-order valence-electron chi connectivity index (χ1n) is 6.25. The lowest BCUT2D eigenvalue weighted by Crippen LogP contribution is -2.30. The van der Waals surface area contributed by atoms with E-state index >= 15 is 0 Å². The SMILES string of the molecule is CC1=NN(c2nc(-c3ccc(O)cc3)cs2)C(=O)CC1. The van der Waals surface area contributed by atoms with Crippen LogP contribution >= 0.6 is 11.3 Å². The molecule has 6 heteroatoms. The third-order valence-electron chi connectivity index (χ3n) is 3.04. The van der Waals surface area contributed by atoms with Crippen LogP contribution in [0.15, 0.2) is 34.7 Å². The van der Waals surface area contributed by atoms with Crippen molar-refractivity contribution in [3.63, 3.8) is 0 Å². The Labute approximate surface area is 120 Å². The zero-order valence-electron chi connectivity index (χ0n) is 10.9. The molecule has 2 heterocycles. The normalized spacial score (nSPS) is 15.3. The van der Waals surface area contributed by atoms with Gasteiger partial charge in [-0.05, 0) is 37.6 Å². The molecule has 0 bridgehead atoms. The summed E-state index contributed by atoms with van der Waals surface area (Å²) >= 11 is 1.39. The molecule has 0 aliphatic carbocycles. The number of aromatic hydroxyl groups is 1. The van der Waals surface area contributed by atoms with Crippen molar-refractivity contribution < 1.29 is 9.90 Å². The lowest BCUT2D eigenvalue weighted by atomic mass is 10.2. The van der Waals surface area contributed by atoms with E-state index in [2.05, 4.69) is 10.1 Å². The van der Waals surface area contributed by atoms with Crippen molar-refractivity contribution in [2.24, 2.45) is 5.10 Å². The van der Waals surface area contributed by atoms with E-state index in [0.717, 1.165) is 17.0 Å². The van der Waals surface area contributed by atoms with Gasteiger partial charge in [-0.25, -0.2) is 4.98 Å². The third-order valence-corrected chi connectivity index (χ3v) is 3.86. The first-order chi connectivity index (χ1) is 9.63. The number of hydrazone groups is 1. The van der Waals surface area contributed by atoms with Gasteiger partial charge < -0.3 is 5.11 Å². The van der Waals surface area contributed by atoms with E-state index in [1.54, 1.807) is 24.3 Å². The molecule has 5 nitrogen and oxygen atoms in total. The zero-order valence-corrected chi connectivity index (χ0v) is 11.7. The number of rotatable bonds is 2. The number of aromatic nitrogens is 1. The minimum atomic E-state index is -0.0257. The fraction of sp³-hybridized carbons (Fsp3) is 0.214. The maximum atomic E-state index is 11.9. The molecule has 0 unspecified atom stereocenters. The summed E-state index contributed by atoms with van der Waals surface area (Å²) < 4.78 is 0. The number of phenolic OH excluding ortho intramolecular Hbond substituents is 1. The van der Waals surface area contributed by atoms with Crippen molar-refractivity contribution >= 4 is 28.1 Å². The van der Waals surface area contributed by atoms with Crippen LogP contribution in [0.1, 0.15) is 19.8 Å². The Morgan fingerprint density at radius 1 is 1.25 bits per heavy atom. The summed E-state index contributed by atoms with van der Waals surface area (Å²) in [7, 11) is 0. The molecule has 3 rings (SSSR count). The molecule has 102 valence electrons. The lowest BCUT2D eigenvalue weighted by Gasteiger charge is -2.19. The van der Waals surface area contributed by atoms with E-state index < -0.39 is 0 Å². The maximum absolute atomic E-state index is 11.9. The molecule has 2 aromatic rings. The summed E-state index contributed by atoms with van der Waals surface area (Å²) in [5.41, 5.74) is 2.61. The summed E-state index contributed by atoms with van der Waals surface area (Å²) in [6.45, 7) is 1.91. The van der Waals surface area contributed by atoms with Gasteiger partial charge in [0.05, 0.1) is 5.69 Å². The van der Waals surface area contributed by atoms with Crippen molar-refractivity contribution in [1.82, 2.24) is 4.98 Å². The maximum Gasteiger partial charge on any atom is 0.249 e. The van der Waals surface area contributed by atoms with Gasteiger partial charge in [0.1, 0.15) is 5.75 Å². The molecular formula is C14H13N3O2S. The van der Waals surface area contributed by atoms with Gasteiger partial charge in [-0.3, -0.25) is 4.79 Å². The summed E-state index contributed by atoms with van der Waals surface area (Å²) in [6, 6.07) is 6.81. The van der Waals surface area contributed by atoms with Crippen LogP contribution in [-0.2, 0) is 4.79 Å². The number of phenols is 1. The minimum Gasteiger partial charge on any atom is -0.508 e. The molecule has 0 saturated heterocycles. The van der Waals surface area contributed by atoms with Gasteiger partial charge in [-0.1, -0.05) is 0 Å². The predicted molar refractivity (Wildman–Crippen MR) is 79.0 cm³/mol. The van der Waals surface area contributed by atoms with E-state index in [4.69, 9.17) is 0 Å². The van der Waals surface area contributed by atoms with E-state index in [1.165, 1.54) is 16.3 Å². The highest BCUT2D eigenvalue weighted by molar-refractivity contribution is 7.14. The van der Waals surface area contributed by atoms with Crippen molar-refractivity contribution in [2.45, 2.75) is 19.8 Å². The van der Waals surface area contributed by atoms with Crippen LogP contribution in [0.4, 0.5) is 5.13 Å². The Morgan fingerprint density at radius 2 is 2.00 bits per heavy atom. The number of carbonyl (C=O) groups is 1. The van der Waals surface area contributed by atoms with Crippen molar-refractivity contribution in [3.8, 4) is 17.0 Å².